The Balaban J connectivity index is 1.96. The number of anilines is 1. The molecule has 0 amide bonds. The smallest absolute Gasteiger partial charge is 0.185 e. The third-order valence-corrected chi connectivity index (χ3v) is 4.69. The van der Waals surface area contributed by atoms with Crippen LogP contribution in [0, 0.1) is 0 Å². The highest BCUT2D eigenvalue weighted by Crippen LogP contribution is 2.27. The van der Waals surface area contributed by atoms with Crippen molar-refractivity contribution in [3.05, 3.63) is 11.1 Å². The number of hydrogen-bond donors (Lipinski definition) is 1. The molecule has 0 radical (unpaired) electrons. The van der Waals surface area contributed by atoms with Gasteiger partial charge < -0.3 is 14.9 Å². The molecule has 2 atom stereocenters. The van der Waals surface area contributed by atoms with Crippen LogP contribution < -0.4 is 4.90 Å². The van der Waals surface area contributed by atoms with Gasteiger partial charge in [0.05, 0.1) is 11.0 Å². The number of likely N-dealkylation sites (N-methyl/N-ethyl adjacent to an activating group) is 2. The number of aliphatic hydroxyl groups excluding tert-OH is 1. The summed E-state index contributed by atoms with van der Waals surface area (Å²) < 4.78 is 0. The van der Waals surface area contributed by atoms with Crippen molar-refractivity contribution in [1.29, 1.82) is 0 Å². The molecular weight excluding hydrogens is 234 g/mol. The largest absolute Gasteiger partial charge is 0.388 e. The molecule has 0 spiro atoms. The summed E-state index contributed by atoms with van der Waals surface area (Å²) in [6, 6.07) is 0.638. The second kappa shape index (κ2) is 5.33. The SMILES string of the molecule is CC(O)c1cnc(N(C)CC2CCCN2C)s1. The zero-order chi connectivity index (χ0) is 12.4. The molecule has 0 bridgehead atoms. The first kappa shape index (κ1) is 12.8. The Morgan fingerprint density at radius 1 is 1.71 bits per heavy atom. The van der Waals surface area contributed by atoms with Crippen molar-refractivity contribution in [2.75, 3.05) is 32.1 Å². The molecule has 96 valence electrons. The molecule has 1 aromatic rings. The lowest BCUT2D eigenvalue weighted by Gasteiger charge is -2.25. The second-order valence-corrected chi connectivity index (χ2v) is 5.92. The summed E-state index contributed by atoms with van der Waals surface area (Å²) in [5, 5.41) is 10.5. The van der Waals surface area contributed by atoms with Gasteiger partial charge in [-0.05, 0) is 33.4 Å². The molecule has 2 unspecified atom stereocenters. The Hall–Kier alpha value is -0.650. The van der Waals surface area contributed by atoms with E-state index in [1.165, 1.54) is 19.4 Å². The summed E-state index contributed by atoms with van der Waals surface area (Å²) in [5.41, 5.74) is 0. The predicted octanol–water partition coefficient (Wildman–Crippen LogP) is 1.73. The van der Waals surface area contributed by atoms with Gasteiger partial charge in [-0.25, -0.2) is 4.98 Å². The van der Waals surface area contributed by atoms with Crippen molar-refractivity contribution in [3.63, 3.8) is 0 Å². The average molecular weight is 255 g/mol. The molecule has 0 saturated carbocycles. The molecule has 17 heavy (non-hydrogen) atoms. The van der Waals surface area contributed by atoms with E-state index in [9.17, 15) is 5.11 Å². The highest BCUT2D eigenvalue weighted by atomic mass is 32.1. The van der Waals surface area contributed by atoms with E-state index in [1.54, 1.807) is 24.5 Å². The fraction of sp³-hybridized carbons (Fsp3) is 0.750. The highest BCUT2D eigenvalue weighted by Gasteiger charge is 2.23. The van der Waals surface area contributed by atoms with Crippen LogP contribution in [0.4, 0.5) is 5.13 Å². The number of hydrogen-bond acceptors (Lipinski definition) is 5. The van der Waals surface area contributed by atoms with Crippen LogP contribution in [0.1, 0.15) is 30.7 Å². The van der Waals surface area contributed by atoms with E-state index < -0.39 is 6.10 Å². The first-order valence-electron chi connectivity index (χ1n) is 6.13. The Bertz CT molecular complexity index is 366. The zero-order valence-corrected chi connectivity index (χ0v) is 11.6. The Labute approximate surface area is 107 Å². The molecular formula is C12H21N3OS. The van der Waals surface area contributed by atoms with Crippen molar-refractivity contribution in [3.8, 4) is 0 Å². The van der Waals surface area contributed by atoms with Crippen LogP contribution in [0.5, 0.6) is 0 Å². The summed E-state index contributed by atoms with van der Waals surface area (Å²) in [7, 11) is 4.27. The van der Waals surface area contributed by atoms with E-state index in [1.807, 2.05) is 0 Å². The van der Waals surface area contributed by atoms with E-state index in [0.717, 1.165) is 16.6 Å². The van der Waals surface area contributed by atoms with Crippen LogP contribution in [-0.2, 0) is 0 Å². The van der Waals surface area contributed by atoms with Crippen molar-refractivity contribution < 1.29 is 5.11 Å². The van der Waals surface area contributed by atoms with Crippen LogP contribution in [0.25, 0.3) is 0 Å². The summed E-state index contributed by atoms with van der Waals surface area (Å²) in [6.45, 7) is 4.00. The van der Waals surface area contributed by atoms with Gasteiger partial charge in [0.25, 0.3) is 0 Å². The highest BCUT2D eigenvalue weighted by molar-refractivity contribution is 7.15. The number of aliphatic hydroxyl groups is 1. The van der Waals surface area contributed by atoms with Crippen LogP contribution in [-0.4, -0.2) is 48.2 Å². The lowest BCUT2D eigenvalue weighted by molar-refractivity contribution is 0.203. The van der Waals surface area contributed by atoms with Gasteiger partial charge in [-0.15, -0.1) is 0 Å². The van der Waals surface area contributed by atoms with Gasteiger partial charge in [0.2, 0.25) is 0 Å². The second-order valence-electron chi connectivity index (χ2n) is 4.88. The predicted molar refractivity (Wildman–Crippen MR) is 71.7 cm³/mol. The minimum Gasteiger partial charge on any atom is -0.388 e. The number of thiazole rings is 1. The number of nitrogens with zero attached hydrogens (tertiary/aromatic N) is 3. The first-order valence-corrected chi connectivity index (χ1v) is 6.94. The quantitative estimate of drug-likeness (QED) is 0.889. The van der Waals surface area contributed by atoms with E-state index in [2.05, 4.69) is 28.9 Å². The molecule has 1 fully saturated rings. The van der Waals surface area contributed by atoms with Crippen LogP contribution >= 0.6 is 11.3 Å². The molecule has 0 aromatic carbocycles. The van der Waals surface area contributed by atoms with Gasteiger partial charge >= 0.3 is 0 Å². The number of likely N-dealkylation sites (tertiary alicyclic amines) is 1. The molecule has 1 aliphatic rings. The summed E-state index contributed by atoms with van der Waals surface area (Å²) >= 11 is 1.58. The fourth-order valence-electron chi connectivity index (χ4n) is 2.25. The van der Waals surface area contributed by atoms with Crippen molar-refractivity contribution in [2.24, 2.45) is 0 Å². The Kier molecular flexibility index (Phi) is 4.01. The molecule has 1 aromatic heterocycles. The van der Waals surface area contributed by atoms with E-state index >= 15 is 0 Å². The Morgan fingerprint density at radius 3 is 3.00 bits per heavy atom. The zero-order valence-electron chi connectivity index (χ0n) is 10.8. The lowest BCUT2D eigenvalue weighted by atomic mass is 10.2. The molecule has 1 N–H and O–H groups in total. The van der Waals surface area contributed by atoms with Crippen molar-refractivity contribution in [2.45, 2.75) is 31.9 Å². The lowest BCUT2D eigenvalue weighted by Crippen LogP contribution is -2.36. The normalized spacial score (nSPS) is 22.9. The van der Waals surface area contributed by atoms with Crippen LogP contribution in [0.15, 0.2) is 6.20 Å². The molecule has 5 heteroatoms. The summed E-state index contributed by atoms with van der Waals surface area (Å²) in [5.74, 6) is 0. The van der Waals surface area contributed by atoms with Crippen LogP contribution in [0.2, 0.25) is 0 Å². The van der Waals surface area contributed by atoms with Gasteiger partial charge in [0.15, 0.2) is 5.13 Å². The van der Waals surface area contributed by atoms with Gasteiger partial charge in [-0.2, -0.15) is 0 Å². The minimum absolute atomic E-state index is 0.413. The molecule has 1 saturated heterocycles. The van der Waals surface area contributed by atoms with E-state index in [0.29, 0.717) is 6.04 Å². The standard InChI is InChI=1S/C12H21N3OS/c1-9(16)11-7-13-12(17-11)15(3)8-10-5-4-6-14(10)2/h7,9-10,16H,4-6,8H2,1-3H3. The van der Waals surface area contributed by atoms with E-state index in [-0.39, 0.29) is 0 Å². The van der Waals surface area contributed by atoms with E-state index in [4.69, 9.17) is 0 Å². The van der Waals surface area contributed by atoms with Crippen molar-refractivity contribution >= 4 is 16.5 Å². The average Bonchev–Trinajstić information content (AvgIpc) is 2.88. The third kappa shape index (κ3) is 2.97. The molecule has 1 aliphatic heterocycles. The Morgan fingerprint density at radius 2 is 2.47 bits per heavy atom. The number of aromatic nitrogens is 1. The molecule has 2 heterocycles. The summed E-state index contributed by atoms with van der Waals surface area (Å²) in [6.07, 6.45) is 3.93. The number of rotatable bonds is 4. The third-order valence-electron chi connectivity index (χ3n) is 3.41. The fourth-order valence-corrected chi connectivity index (χ4v) is 3.07. The van der Waals surface area contributed by atoms with Gasteiger partial charge in [-0.3, -0.25) is 0 Å². The molecule has 0 aliphatic carbocycles. The van der Waals surface area contributed by atoms with Gasteiger partial charge in [-0.1, -0.05) is 11.3 Å². The molecule has 2 rings (SSSR count). The molecule has 4 nitrogen and oxygen atoms in total. The maximum absolute atomic E-state index is 9.49. The summed E-state index contributed by atoms with van der Waals surface area (Å²) in [4.78, 5) is 9.92. The van der Waals surface area contributed by atoms with Crippen LogP contribution in [0.3, 0.4) is 0 Å². The van der Waals surface area contributed by atoms with Crippen molar-refractivity contribution in [1.82, 2.24) is 9.88 Å². The maximum Gasteiger partial charge on any atom is 0.185 e. The first-order chi connectivity index (χ1) is 8.08. The topological polar surface area (TPSA) is 39.6 Å². The van der Waals surface area contributed by atoms with Gasteiger partial charge in [0.1, 0.15) is 0 Å². The monoisotopic (exact) mass is 255 g/mol. The maximum atomic E-state index is 9.49. The minimum atomic E-state index is -0.413. The van der Waals surface area contributed by atoms with Gasteiger partial charge in [0, 0.05) is 25.8 Å².